The third kappa shape index (κ3) is 6.73. The summed E-state index contributed by atoms with van der Waals surface area (Å²) in [5.74, 6) is 1.78. The Morgan fingerprint density at radius 1 is 0.969 bits per heavy atom. The van der Waals surface area contributed by atoms with Gasteiger partial charge in [0, 0.05) is 17.0 Å². The molecule has 0 fully saturated rings. The van der Waals surface area contributed by atoms with Gasteiger partial charge in [0.2, 0.25) is 0 Å². The van der Waals surface area contributed by atoms with Crippen LogP contribution in [0, 0.1) is 0 Å². The summed E-state index contributed by atoms with van der Waals surface area (Å²) >= 11 is 1.69. The number of ether oxygens (including phenoxy) is 3. The molecule has 0 aliphatic rings. The molecule has 1 N–H and O–H groups in total. The number of para-hydroxylation sites is 1. The number of carbonyl (C=O) groups excluding carboxylic acids is 1. The molecule has 0 aliphatic carbocycles. The molecule has 3 aromatic rings. The van der Waals surface area contributed by atoms with Crippen LogP contribution in [0.3, 0.4) is 0 Å². The minimum Gasteiger partial charge on any atom is -0.490 e. The number of hydrogen-bond donors (Lipinski definition) is 1. The van der Waals surface area contributed by atoms with E-state index in [1.807, 2.05) is 62.8 Å². The lowest BCUT2D eigenvalue weighted by Gasteiger charge is -2.23. The van der Waals surface area contributed by atoms with E-state index in [2.05, 4.69) is 16.3 Å². The van der Waals surface area contributed by atoms with E-state index in [1.165, 1.54) is 4.88 Å². The van der Waals surface area contributed by atoms with Crippen LogP contribution in [0.2, 0.25) is 0 Å². The number of likely N-dealkylation sites (N-methyl/N-ethyl adjacent to an activating group) is 1. The van der Waals surface area contributed by atoms with Crippen molar-refractivity contribution in [2.75, 3.05) is 40.5 Å². The fraction of sp³-hybridized carbons (Fsp3) is 0.320. The van der Waals surface area contributed by atoms with Crippen molar-refractivity contribution in [3.63, 3.8) is 0 Å². The molecule has 1 unspecified atom stereocenters. The normalized spacial score (nSPS) is 11.8. The third-order valence-electron chi connectivity index (χ3n) is 4.81. The summed E-state index contributed by atoms with van der Waals surface area (Å²) in [7, 11) is 4.02. The molecule has 1 amide bonds. The highest BCUT2D eigenvalue weighted by atomic mass is 32.1. The van der Waals surface area contributed by atoms with Crippen LogP contribution >= 0.6 is 11.3 Å². The van der Waals surface area contributed by atoms with Crippen LogP contribution in [-0.4, -0.2) is 51.3 Å². The van der Waals surface area contributed by atoms with Gasteiger partial charge in [-0.05, 0) is 62.8 Å². The Hall–Kier alpha value is -3.03. The zero-order chi connectivity index (χ0) is 22.8. The zero-order valence-electron chi connectivity index (χ0n) is 18.7. The summed E-state index contributed by atoms with van der Waals surface area (Å²) in [5.41, 5.74) is 0.532. The quantitative estimate of drug-likeness (QED) is 0.404. The lowest BCUT2D eigenvalue weighted by atomic mass is 10.1. The maximum atomic E-state index is 12.8. The second kappa shape index (κ2) is 12.1. The average molecular weight is 455 g/mol. The van der Waals surface area contributed by atoms with E-state index in [0.717, 1.165) is 5.75 Å². The minimum absolute atomic E-state index is 0.123. The molecule has 0 bridgehead atoms. The second-order valence-corrected chi connectivity index (χ2v) is 8.29. The predicted octanol–water partition coefficient (Wildman–Crippen LogP) is 4.64. The molecule has 1 heterocycles. The summed E-state index contributed by atoms with van der Waals surface area (Å²) in [6, 6.07) is 19.1. The molecule has 0 saturated carbocycles. The predicted molar refractivity (Wildman–Crippen MR) is 128 cm³/mol. The lowest BCUT2D eigenvalue weighted by Crippen LogP contribution is -2.34. The van der Waals surface area contributed by atoms with Crippen molar-refractivity contribution in [1.29, 1.82) is 0 Å². The SMILES string of the molecule is CCOc1cc(C(=O)NCC(c2cccs2)N(C)C)ccc1OCCOc1ccccc1. The van der Waals surface area contributed by atoms with Crippen LogP contribution in [0.25, 0.3) is 0 Å². The van der Waals surface area contributed by atoms with Crippen LogP contribution in [0.5, 0.6) is 17.2 Å². The first kappa shape index (κ1) is 23.6. The molecular formula is C25H30N2O4S. The van der Waals surface area contributed by atoms with Crippen molar-refractivity contribution in [1.82, 2.24) is 10.2 Å². The summed E-state index contributed by atoms with van der Waals surface area (Å²) < 4.78 is 17.2. The zero-order valence-corrected chi connectivity index (χ0v) is 19.6. The largest absolute Gasteiger partial charge is 0.490 e. The van der Waals surface area contributed by atoms with Crippen molar-refractivity contribution in [2.24, 2.45) is 0 Å². The summed E-state index contributed by atoms with van der Waals surface area (Å²) in [5, 5.41) is 5.08. The number of nitrogens with one attached hydrogen (secondary N) is 1. The third-order valence-corrected chi connectivity index (χ3v) is 5.78. The molecule has 3 rings (SSSR count). The van der Waals surface area contributed by atoms with Crippen LogP contribution in [0.15, 0.2) is 66.0 Å². The number of rotatable bonds is 12. The van der Waals surface area contributed by atoms with Crippen molar-refractivity contribution in [3.8, 4) is 17.2 Å². The Balaban J connectivity index is 1.58. The summed E-state index contributed by atoms with van der Waals surface area (Å²) in [4.78, 5) is 16.1. The second-order valence-electron chi connectivity index (χ2n) is 7.31. The number of thiophene rings is 1. The molecule has 6 nitrogen and oxygen atoms in total. The molecule has 7 heteroatoms. The van der Waals surface area contributed by atoms with Crippen molar-refractivity contribution in [3.05, 3.63) is 76.5 Å². The van der Waals surface area contributed by atoms with E-state index in [-0.39, 0.29) is 11.9 Å². The molecule has 1 atom stereocenters. The highest BCUT2D eigenvalue weighted by Crippen LogP contribution is 2.29. The van der Waals surface area contributed by atoms with Gasteiger partial charge in [0.05, 0.1) is 12.6 Å². The van der Waals surface area contributed by atoms with Crippen molar-refractivity contribution >= 4 is 17.2 Å². The Morgan fingerprint density at radius 2 is 1.75 bits per heavy atom. The Labute approximate surface area is 193 Å². The van der Waals surface area contributed by atoms with Gasteiger partial charge in [-0.2, -0.15) is 0 Å². The standard InChI is InChI=1S/C25H30N2O4S/c1-4-29-23-17-19(25(28)26-18-21(27(2)3)24-11-8-16-32-24)12-13-22(23)31-15-14-30-20-9-6-5-7-10-20/h5-13,16-17,21H,4,14-15,18H2,1-3H3,(H,26,28). The Kier molecular flexibility index (Phi) is 8.95. The van der Waals surface area contributed by atoms with E-state index < -0.39 is 0 Å². The van der Waals surface area contributed by atoms with Gasteiger partial charge >= 0.3 is 0 Å². The Bertz CT molecular complexity index is 961. The number of nitrogens with zero attached hydrogens (tertiary/aromatic N) is 1. The highest BCUT2D eigenvalue weighted by molar-refractivity contribution is 7.10. The molecule has 0 spiro atoms. The fourth-order valence-electron chi connectivity index (χ4n) is 3.17. The van der Waals surface area contributed by atoms with E-state index in [0.29, 0.717) is 43.4 Å². The van der Waals surface area contributed by atoms with E-state index in [4.69, 9.17) is 14.2 Å². The van der Waals surface area contributed by atoms with Gasteiger partial charge in [-0.3, -0.25) is 4.79 Å². The topological polar surface area (TPSA) is 60.0 Å². The first-order valence-electron chi connectivity index (χ1n) is 10.6. The van der Waals surface area contributed by atoms with Crippen LogP contribution in [0.1, 0.15) is 28.2 Å². The molecule has 32 heavy (non-hydrogen) atoms. The molecular weight excluding hydrogens is 424 g/mol. The number of benzene rings is 2. The molecule has 2 aromatic carbocycles. The van der Waals surface area contributed by atoms with Gasteiger partial charge in [-0.25, -0.2) is 0 Å². The molecule has 0 radical (unpaired) electrons. The van der Waals surface area contributed by atoms with E-state index in [1.54, 1.807) is 29.5 Å². The molecule has 0 saturated heterocycles. The van der Waals surface area contributed by atoms with Gasteiger partial charge in [0.25, 0.3) is 5.91 Å². The van der Waals surface area contributed by atoms with Crippen molar-refractivity contribution in [2.45, 2.75) is 13.0 Å². The molecule has 1 aromatic heterocycles. The van der Waals surface area contributed by atoms with Gasteiger partial charge < -0.3 is 24.4 Å². The lowest BCUT2D eigenvalue weighted by molar-refractivity contribution is 0.0941. The van der Waals surface area contributed by atoms with Crippen LogP contribution < -0.4 is 19.5 Å². The van der Waals surface area contributed by atoms with Crippen molar-refractivity contribution < 1.29 is 19.0 Å². The monoisotopic (exact) mass is 454 g/mol. The smallest absolute Gasteiger partial charge is 0.251 e. The molecule has 170 valence electrons. The number of carbonyl (C=O) groups is 1. The van der Waals surface area contributed by atoms with E-state index >= 15 is 0 Å². The first-order chi connectivity index (χ1) is 15.6. The van der Waals surface area contributed by atoms with Crippen LogP contribution in [-0.2, 0) is 0 Å². The fourth-order valence-corrected chi connectivity index (χ4v) is 4.10. The van der Waals surface area contributed by atoms with Crippen LogP contribution in [0.4, 0.5) is 0 Å². The maximum absolute atomic E-state index is 12.8. The molecule has 0 aliphatic heterocycles. The summed E-state index contributed by atoms with van der Waals surface area (Å²) in [6.45, 7) is 3.67. The van der Waals surface area contributed by atoms with Gasteiger partial charge in [-0.15, -0.1) is 11.3 Å². The van der Waals surface area contributed by atoms with E-state index in [9.17, 15) is 4.79 Å². The first-order valence-corrected chi connectivity index (χ1v) is 11.5. The van der Waals surface area contributed by atoms with Gasteiger partial charge in [-0.1, -0.05) is 24.3 Å². The van der Waals surface area contributed by atoms with Gasteiger partial charge in [0.15, 0.2) is 11.5 Å². The minimum atomic E-state index is -0.145. The van der Waals surface area contributed by atoms with Gasteiger partial charge in [0.1, 0.15) is 19.0 Å². The highest BCUT2D eigenvalue weighted by Gasteiger charge is 2.18. The summed E-state index contributed by atoms with van der Waals surface area (Å²) in [6.07, 6.45) is 0. The maximum Gasteiger partial charge on any atom is 0.251 e. The number of hydrogen-bond acceptors (Lipinski definition) is 6. The Morgan fingerprint density at radius 3 is 2.44 bits per heavy atom. The number of amides is 1. The average Bonchev–Trinajstić information content (AvgIpc) is 3.32.